The van der Waals surface area contributed by atoms with Crippen LogP contribution in [0.2, 0.25) is 0 Å². The molecule has 2 N–H and O–H groups in total. The van der Waals surface area contributed by atoms with Crippen LogP contribution in [0.25, 0.3) is 0 Å². The summed E-state index contributed by atoms with van der Waals surface area (Å²) in [7, 11) is 1.76. The van der Waals surface area contributed by atoms with Gasteiger partial charge < -0.3 is 15.5 Å². The summed E-state index contributed by atoms with van der Waals surface area (Å²) >= 11 is 0. The molecule has 20 heavy (non-hydrogen) atoms. The molecule has 0 radical (unpaired) electrons. The van der Waals surface area contributed by atoms with E-state index in [1.54, 1.807) is 7.05 Å². The number of guanidine groups is 1. The van der Waals surface area contributed by atoms with Crippen molar-refractivity contribution in [2.24, 2.45) is 10.9 Å². The fourth-order valence-electron chi connectivity index (χ4n) is 2.39. The molecule has 5 nitrogen and oxygen atoms in total. The largest absolute Gasteiger partial charge is 0.356 e. The molecule has 1 aliphatic rings. The predicted octanol–water partition coefficient (Wildman–Crippen LogP) is 1.60. The first-order chi connectivity index (χ1) is 9.56. The van der Waals surface area contributed by atoms with Gasteiger partial charge in [-0.25, -0.2) is 0 Å². The Morgan fingerprint density at radius 1 is 1.50 bits per heavy atom. The molecule has 5 heteroatoms. The lowest BCUT2D eigenvalue weighted by molar-refractivity contribution is -0.132. The lowest BCUT2D eigenvalue weighted by Crippen LogP contribution is -2.44. The maximum Gasteiger partial charge on any atom is 0.224 e. The molecule has 0 aromatic rings. The second-order valence-electron chi connectivity index (χ2n) is 5.79. The summed E-state index contributed by atoms with van der Waals surface area (Å²) in [5.41, 5.74) is 0. The van der Waals surface area contributed by atoms with E-state index in [0.29, 0.717) is 24.9 Å². The zero-order valence-electron chi connectivity index (χ0n) is 13.4. The summed E-state index contributed by atoms with van der Waals surface area (Å²) in [6, 6.07) is 0.389. The Kier molecular flexibility index (Phi) is 7.41. The van der Waals surface area contributed by atoms with Crippen molar-refractivity contribution < 1.29 is 4.79 Å². The summed E-state index contributed by atoms with van der Waals surface area (Å²) in [5, 5.41) is 6.50. The maximum absolute atomic E-state index is 12.1. The normalized spacial score (nSPS) is 21.5. The highest BCUT2D eigenvalue weighted by Gasteiger charge is 2.20. The molecule has 0 aromatic carbocycles. The van der Waals surface area contributed by atoms with Gasteiger partial charge in [-0.05, 0) is 32.1 Å². The van der Waals surface area contributed by atoms with Crippen LogP contribution >= 0.6 is 0 Å². The fourth-order valence-corrected chi connectivity index (χ4v) is 2.39. The maximum atomic E-state index is 12.1. The second-order valence-corrected chi connectivity index (χ2v) is 5.79. The van der Waals surface area contributed by atoms with Crippen molar-refractivity contribution in [3.63, 3.8) is 0 Å². The lowest BCUT2D eigenvalue weighted by Gasteiger charge is -2.31. The monoisotopic (exact) mass is 282 g/mol. The Balaban J connectivity index is 2.26. The summed E-state index contributed by atoms with van der Waals surface area (Å²) in [5.74, 6) is 1.67. The smallest absolute Gasteiger partial charge is 0.224 e. The zero-order chi connectivity index (χ0) is 15.0. The summed E-state index contributed by atoms with van der Waals surface area (Å²) in [6.45, 7) is 8.94. The summed E-state index contributed by atoms with van der Waals surface area (Å²) in [4.78, 5) is 18.3. The molecular formula is C15H30N4O. The van der Waals surface area contributed by atoms with Gasteiger partial charge in [-0.3, -0.25) is 9.79 Å². The van der Waals surface area contributed by atoms with Crippen LogP contribution in [-0.4, -0.2) is 49.5 Å². The molecule has 2 atom stereocenters. The highest BCUT2D eigenvalue weighted by Crippen LogP contribution is 2.15. The molecule has 1 amide bonds. The van der Waals surface area contributed by atoms with Crippen molar-refractivity contribution in [1.29, 1.82) is 0 Å². The van der Waals surface area contributed by atoms with E-state index in [9.17, 15) is 4.79 Å². The minimum Gasteiger partial charge on any atom is -0.356 e. The van der Waals surface area contributed by atoms with Gasteiger partial charge in [-0.1, -0.05) is 13.8 Å². The number of rotatable bonds is 5. The number of nitrogens with one attached hydrogen (secondary N) is 2. The van der Waals surface area contributed by atoms with Gasteiger partial charge in [0.1, 0.15) is 0 Å². The molecule has 1 heterocycles. The van der Waals surface area contributed by atoms with Gasteiger partial charge in [-0.15, -0.1) is 0 Å². The SMILES string of the molecule is CCC(C)NC(=NC)NCCC(=O)N1CCCC(C)C1. The molecule has 1 rings (SSSR count). The predicted molar refractivity (Wildman–Crippen MR) is 83.8 cm³/mol. The molecule has 1 aliphatic heterocycles. The molecule has 0 aromatic heterocycles. The first-order valence-electron chi connectivity index (χ1n) is 7.81. The van der Waals surface area contributed by atoms with Crippen molar-refractivity contribution >= 4 is 11.9 Å². The molecule has 0 saturated carbocycles. The van der Waals surface area contributed by atoms with E-state index in [1.165, 1.54) is 6.42 Å². The minimum atomic E-state index is 0.253. The molecule has 1 fully saturated rings. The van der Waals surface area contributed by atoms with Gasteiger partial charge in [0.05, 0.1) is 0 Å². The van der Waals surface area contributed by atoms with Gasteiger partial charge in [0, 0.05) is 39.1 Å². The Hall–Kier alpha value is -1.26. The topological polar surface area (TPSA) is 56.7 Å². The van der Waals surface area contributed by atoms with Crippen molar-refractivity contribution in [2.75, 3.05) is 26.7 Å². The van der Waals surface area contributed by atoms with Crippen LogP contribution in [-0.2, 0) is 4.79 Å². The van der Waals surface area contributed by atoms with Gasteiger partial charge in [0.25, 0.3) is 0 Å². The molecule has 116 valence electrons. The van der Waals surface area contributed by atoms with Gasteiger partial charge in [0.2, 0.25) is 5.91 Å². The van der Waals surface area contributed by atoms with Crippen LogP contribution in [0.4, 0.5) is 0 Å². The Morgan fingerprint density at radius 3 is 2.85 bits per heavy atom. The van der Waals surface area contributed by atoms with E-state index >= 15 is 0 Å². The van der Waals surface area contributed by atoms with E-state index in [-0.39, 0.29) is 5.91 Å². The standard InChI is InChI=1S/C15H30N4O/c1-5-13(3)18-15(16-4)17-9-8-14(20)19-10-6-7-12(2)11-19/h12-13H,5-11H2,1-4H3,(H2,16,17,18). The number of piperidine rings is 1. The number of hydrogen-bond donors (Lipinski definition) is 2. The van der Waals surface area contributed by atoms with Crippen LogP contribution in [0.15, 0.2) is 4.99 Å². The van der Waals surface area contributed by atoms with Crippen molar-refractivity contribution in [1.82, 2.24) is 15.5 Å². The third-order valence-corrected chi connectivity index (χ3v) is 3.86. The van der Waals surface area contributed by atoms with E-state index in [2.05, 4.69) is 36.4 Å². The van der Waals surface area contributed by atoms with Crippen LogP contribution < -0.4 is 10.6 Å². The average Bonchev–Trinajstić information content (AvgIpc) is 2.45. The van der Waals surface area contributed by atoms with Crippen LogP contribution in [0, 0.1) is 5.92 Å². The Morgan fingerprint density at radius 2 is 2.25 bits per heavy atom. The van der Waals surface area contributed by atoms with Crippen molar-refractivity contribution in [3.8, 4) is 0 Å². The Labute approximate surface area is 123 Å². The third-order valence-electron chi connectivity index (χ3n) is 3.86. The fraction of sp³-hybridized carbons (Fsp3) is 0.867. The minimum absolute atomic E-state index is 0.253. The van der Waals surface area contributed by atoms with Gasteiger partial charge >= 0.3 is 0 Å². The zero-order valence-corrected chi connectivity index (χ0v) is 13.4. The van der Waals surface area contributed by atoms with E-state index in [4.69, 9.17) is 0 Å². The number of carbonyl (C=O) groups excluding carboxylic acids is 1. The Bertz CT molecular complexity index is 330. The summed E-state index contributed by atoms with van der Waals surface area (Å²) < 4.78 is 0. The quantitative estimate of drug-likeness (QED) is 0.595. The number of likely N-dealkylation sites (tertiary alicyclic amines) is 1. The number of nitrogens with zero attached hydrogens (tertiary/aromatic N) is 2. The van der Waals surface area contributed by atoms with Crippen LogP contribution in [0.1, 0.15) is 46.5 Å². The molecule has 0 aliphatic carbocycles. The van der Waals surface area contributed by atoms with Crippen LogP contribution in [0.3, 0.4) is 0 Å². The van der Waals surface area contributed by atoms with E-state index in [0.717, 1.165) is 31.9 Å². The van der Waals surface area contributed by atoms with Gasteiger partial charge in [-0.2, -0.15) is 0 Å². The first kappa shape index (κ1) is 16.8. The molecule has 2 unspecified atom stereocenters. The highest BCUT2D eigenvalue weighted by atomic mass is 16.2. The molecule has 0 bridgehead atoms. The van der Waals surface area contributed by atoms with E-state index < -0.39 is 0 Å². The second kappa shape index (κ2) is 8.82. The molecule has 0 spiro atoms. The number of amides is 1. The highest BCUT2D eigenvalue weighted by molar-refractivity contribution is 5.81. The summed E-state index contributed by atoms with van der Waals surface area (Å²) in [6.07, 6.45) is 3.96. The average molecular weight is 282 g/mol. The van der Waals surface area contributed by atoms with E-state index in [1.807, 2.05) is 4.90 Å². The van der Waals surface area contributed by atoms with Crippen molar-refractivity contribution in [2.45, 2.75) is 52.5 Å². The first-order valence-corrected chi connectivity index (χ1v) is 7.81. The van der Waals surface area contributed by atoms with Gasteiger partial charge in [0.15, 0.2) is 5.96 Å². The molecular weight excluding hydrogens is 252 g/mol. The number of hydrogen-bond acceptors (Lipinski definition) is 2. The molecule has 1 saturated heterocycles. The lowest BCUT2D eigenvalue weighted by atomic mass is 10.00. The number of aliphatic imine (C=N–C) groups is 1. The van der Waals surface area contributed by atoms with Crippen LogP contribution in [0.5, 0.6) is 0 Å². The number of carbonyl (C=O) groups is 1. The third kappa shape index (κ3) is 5.80. The van der Waals surface area contributed by atoms with Crippen molar-refractivity contribution in [3.05, 3.63) is 0 Å².